The molecule has 0 bridgehead atoms. The first-order chi connectivity index (χ1) is 14.2. The Bertz CT molecular complexity index is 947. The summed E-state index contributed by atoms with van der Waals surface area (Å²) in [6.45, 7) is 1.97. The molecule has 2 aromatic heterocycles. The Morgan fingerprint density at radius 1 is 1.07 bits per heavy atom. The van der Waals surface area contributed by atoms with Gasteiger partial charge in [0.05, 0.1) is 11.6 Å². The molecular formula is C22H22FN5O. The summed E-state index contributed by atoms with van der Waals surface area (Å²) in [6.07, 6.45) is 5.23. The topological polar surface area (TPSA) is 71.0 Å². The molecule has 1 atom stereocenters. The van der Waals surface area contributed by atoms with Crippen molar-refractivity contribution in [1.82, 2.24) is 20.5 Å². The minimum atomic E-state index is -0.278. The molecule has 0 aliphatic carbocycles. The number of rotatable bonds is 5. The van der Waals surface area contributed by atoms with Gasteiger partial charge in [0.15, 0.2) is 5.82 Å². The number of halogens is 1. The van der Waals surface area contributed by atoms with Crippen molar-refractivity contribution >= 4 is 11.7 Å². The van der Waals surface area contributed by atoms with Crippen LogP contribution in [0.15, 0.2) is 60.9 Å². The average molecular weight is 391 g/mol. The number of pyridine rings is 1. The number of hydrogen-bond donors (Lipinski definition) is 1. The Labute approximate surface area is 168 Å². The van der Waals surface area contributed by atoms with Crippen molar-refractivity contribution < 1.29 is 9.18 Å². The molecule has 4 rings (SSSR count). The number of nitrogens with zero attached hydrogens (tertiary/aromatic N) is 4. The Hall–Kier alpha value is -3.35. The van der Waals surface area contributed by atoms with Crippen LogP contribution in [0.25, 0.3) is 11.3 Å². The number of carbonyl (C=O) groups is 1. The van der Waals surface area contributed by atoms with Crippen molar-refractivity contribution in [2.45, 2.75) is 19.4 Å². The number of benzene rings is 1. The highest BCUT2D eigenvalue weighted by molar-refractivity contribution is 5.79. The van der Waals surface area contributed by atoms with E-state index in [9.17, 15) is 9.18 Å². The van der Waals surface area contributed by atoms with E-state index in [1.807, 2.05) is 24.3 Å². The summed E-state index contributed by atoms with van der Waals surface area (Å²) < 4.78 is 13.1. The van der Waals surface area contributed by atoms with E-state index in [0.29, 0.717) is 18.8 Å². The van der Waals surface area contributed by atoms with Gasteiger partial charge in [0.1, 0.15) is 5.82 Å². The van der Waals surface area contributed by atoms with Crippen LogP contribution < -0.4 is 10.2 Å². The smallest absolute Gasteiger partial charge is 0.225 e. The van der Waals surface area contributed by atoms with Crippen LogP contribution in [0.4, 0.5) is 10.2 Å². The number of piperidine rings is 1. The van der Waals surface area contributed by atoms with Crippen LogP contribution in [0, 0.1) is 11.7 Å². The number of carbonyl (C=O) groups excluding carboxylic acids is 1. The Balaban J connectivity index is 1.37. The quantitative estimate of drug-likeness (QED) is 0.723. The van der Waals surface area contributed by atoms with E-state index in [0.717, 1.165) is 36.3 Å². The first-order valence-corrected chi connectivity index (χ1v) is 9.70. The van der Waals surface area contributed by atoms with Crippen molar-refractivity contribution in [2.24, 2.45) is 5.92 Å². The Morgan fingerprint density at radius 2 is 1.86 bits per heavy atom. The molecule has 1 aliphatic rings. The van der Waals surface area contributed by atoms with Gasteiger partial charge in [-0.2, -0.15) is 0 Å². The van der Waals surface area contributed by atoms with Gasteiger partial charge in [-0.15, -0.1) is 10.2 Å². The fraction of sp³-hybridized carbons (Fsp3) is 0.273. The fourth-order valence-corrected chi connectivity index (χ4v) is 3.50. The van der Waals surface area contributed by atoms with Crippen molar-refractivity contribution in [1.29, 1.82) is 0 Å². The Kier molecular flexibility index (Phi) is 5.74. The second-order valence-electron chi connectivity index (χ2n) is 7.14. The summed E-state index contributed by atoms with van der Waals surface area (Å²) >= 11 is 0. The van der Waals surface area contributed by atoms with Crippen LogP contribution in [0.3, 0.4) is 0 Å². The summed E-state index contributed by atoms with van der Waals surface area (Å²) in [7, 11) is 0. The Morgan fingerprint density at radius 3 is 2.59 bits per heavy atom. The number of aromatic nitrogens is 3. The van der Waals surface area contributed by atoms with E-state index >= 15 is 0 Å². The predicted molar refractivity (Wildman–Crippen MR) is 108 cm³/mol. The highest BCUT2D eigenvalue weighted by Crippen LogP contribution is 2.23. The van der Waals surface area contributed by atoms with Crippen molar-refractivity contribution in [3.63, 3.8) is 0 Å². The second-order valence-corrected chi connectivity index (χ2v) is 7.14. The van der Waals surface area contributed by atoms with Gasteiger partial charge in [0, 0.05) is 37.6 Å². The van der Waals surface area contributed by atoms with Gasteiger partial charge in [0.25, 0.3) is 0 Å². The van der Waals surface area contributed by atoms with E-state index in [4.69, 9.17) is 0 Å². The molecule has 3 heterocycles. The molecule has 7 heteroatoms. The zero-order valence-corrected chi connectivity index (χ0v) is 16.0. The van der Waals surface area contributed by atoms with E-state index in [2.05, 4.69) is 25.4 Å². The molecule has 1 saturated heterocycles. The lowest BCUT2D eigenvalue weighted by molar-refractivity contribution is -0.125. The maximum atomic E-state index is 13.1. The van der Waals surface area contributed by atoms with Crippen LogP contribution in [0.2, 0.25) is 0 Å². The molecule has 0 spiro atoms. The van der Waals surface area contributed by atoms with E-state index in [1.54, 1.807) is 24.5 Å². The third kappa shape index (κ3) is 4.74. The van der Waals surface area contributed by atoms with Crippen molar-refractivity contribution in [3.8, 4) is 11.3 Å². The number of amides is 1. The zero-order chi connectivity index (χ0) is 20.1. The highest BCUT2D eigenvalue weighted by atomic mass is 19.1. The third-order valence-electron chi connectivity index (χ3n) is 5.12. The summed E-state index contributed by atoms with van der Waals surface area (Å²) in [5.74, 6) is 0.453. The SMILES string of the molecule is O=C(NCc1ccncc1)C1CCCN(c2ccc(-c3ccc(F)cc3)nn2)C1. The highest BCUT2D eigenvalue weighted by Gasteiger charge is 2.26. The molecule has 1 fully saturated rings. The lowest BCUT2D eigenvalue weighted by atomic mass is 9.97. The molecular weight excluding hydrogens is 369 g/mol. The molecule has 6 nitrogen and oxygen atoms in total. The maximum absolute atomic E-state index is 13.1. The molecule has 3 aromatic rings. The molecule has 1 aliphatic heterocycles. The first kappa shape index (κ1) is 19.0. The van der Waals surface area contributed by atoms with Crippen LogP contribution in [0.5, 0.6) is 0 Å². The third-order valence-corrected chi connectivity index (χ3v) is 5.12. The number of hydrogen-bond acceptors (Lipinski definition) is 5. The standard InChI is InChI=1S/C22H22FN5O/c23-19-5-3-17(4-6-19)20-7-8-21(27-26-20)28-13-1-2-18(15-28)22(29)25-14-16-9-11-24-12-10-16/h3-12,18H,1-2,13-15H2,(H,25,29). The predicted octanol–water partition coefficient (Wildman–Crippen LogP) is 3.21. The minimum Gasteiger partial charge on any atom is -0.354 e. The van der Waals surface area contributed by atoms with E-state index in [1.165, 1.54) is 12.1 Å². The van der Waals surface area contributed by atoms with Gasteiger partial charge < -0.3 is 10.2 Å². The monoisotopic (exact) mass is 391 g/mol. The second kappa shape index (κ2) is 8.77. The van der Waals surface area contributed by atoms with Crippen LogP contribution in [-0.4, -0.2) is 34.2 Å². The molecule has 0 radical (unpaired) electrons. The number of anilines is 1. The van der Waals surface area contributed by atoms with Gasteiger partial charge in [-0.05, 0) is 66.9 Å². The summed E-state index contributed by atoms with van der Waals surface area (Å²) in [5, 5.41) is 11.6. The minimum absolute atomic E-state index is 0.0578. The molecule has 148 valence electrons. The van der Waals surface area contributed by atoms with Crippen molar-refractivity contribution in [2.75, 3.05) is 18.0 Å². The van der Waals surface area contributed by atoms with Crippen LogP contribution in [-0.2, 0) is 11.3 Å². The summed E-state index contributed by atoms with van der Waals surface area (Å²) in [4.78, 5) is 18.7. The normalized spacial score (nSPS) is 16.4. The fourth-order valence-electron chi connectivity index (χ4n) is 3.50. The van der Waals surface area contributed by atoms with Crippen LogP contribution in [0.1, 0.15) is 18.4 Å². The first-order valence-electron chi connectivity index (χ1n) is 9.70. The molecule has 0 saturated carbocycles. The molecule has 29 heavy (non-hydrogen) atoms. The number of nitrogens with one attached hydrogen (secondary N) is 1. The average Bonchev–Trinajstić information content (AvgIpc) is 2.79. The van der Waals surface area contributed by atoms with Crippen LogP contribution >= 0.6 is 0 Å². The van der Waals surface area contributed by atoms with E-state index in [-0.39, 0.29) is 17.6 Å². The van der Waals surface area contributed by atoms with Crippen molar-refractivity contribution in [3.05, 3.63) is 72.3 Å². The summed E-state index contributed by atoms with van der Waals surface area (Å²) in [5.41, 5.74) is 2.54. The largest absolute Gasteiger partial charge is 0.354 e. The van der Waals surface area contributed by atoms with E-state index < -0.39 is 0 Å². The zero-order valence-electron chi connectivity index (χ0n) is 16.0. The van der Waals surface area contributed by atoms with Gasteiger partial charge >= 0.3 is 0 Å². The summed E-state index contributed by atoms with van der Waals surface area (Å²) in [6, 6.07) is 13.8. The maximum Gasteiger partial charge on any atom is 0.225 e. The van der Waals surface area contributed by atoms with Gasteiger partial charge in [-0.25, -0.2) is 4.39 Å². The molecule has 1 amide bonds. The van der Waals surface area contributed by atoms with Gasteiger partial charge in [-0.3, -0.25) is 9.78 Å². The van der Waals surface area contributed by atoms with Gasteiger partial charge in [0.2, 0.25) is 5.91 Å². The molecule has 1 unspecified atom stereocenters. The lowest BCUT2D eigenvalue weighted by Gasteiger charge is -2.32. The molecule has 1 aromatic carbocycles. The lowest BCUT2D eigenvalue weighted by Crippen LogP contribution is -2.43. The van der Waals surface area contributed by atoms with Gasteiger partial charge in [-0.1, -0.05) is 0 Å². The molecule has 1 N–H and O–H groups in total.